The van der Waals surface area contributed by atoms with Crippen LogP contribution in [0, 0.1) is 6.92 Å². The molecule has 27 heavy (non-hydrogen) atoms. The molecule has 0 amide bonds. The topological polar surface area (TPSA) is 47.9 Å². The molecule has 2 rings (SSSR count). The zero-order chi connectivity index (χ0) is 19.9. The second-order valence-electron chi connectivity index (χ2n) is 5.79. The number of phenols is 1. The van der Waals surface area contributed by atoms with Crippen LogP contribution in [0.5, 0.6) is 11.5 Å². The highest BCUT2D eigenvalue weighted by molar-refractivity contribution is 7.99. The Morgan fingerprint density at radius 1 is 1.11 bits per heavy atom. The molecule has 0 saturated carbocycles. The molecule has 2 aromatic carbocycles. The fourth-order valence-electron chi connectivity index (χ4n) is 2.14. The summed E-state index contributed by atoms with van der Waals surface area (Å²) in [5.74, 6) is 1.12. The molecule has 0 heterocycles. The Kier molecular flexibility index (Phi) is 7.82. The lowest BCUT2D eigenvalue weighted by Crippen LogP contribution is -2.25. The number of halogens is 3. The third kappa shape index (κ3) is 6.97. The molecule has 0 saturated heterocycles. The Bertz CT molecular complexity index is 720. The van der Waals surface area contributed by atoms with E-state index in [0.717, 1.165) is 22.6 Å². The van der Waals surface area contributed by atoms with Gasteiger partial charge in [-0.3, -0.25) is 0 Å². The van der Waals surface area contributed by atoms with Gasteiger partial charge in [0, 0.05) is 17.8 Å². The number of rotatable bonds is 9. The van der Waals surface area contributed by atoms with Gasteiger partial charge < -0.3 is 19.3 Å². The third-order valence-electron chi connectivity index (χ3n) is 3.64. The first kappa shape index (κ1) is 21.4. The second kappa shape index (κ2) is 9.87. The van der Waals surface area contributed by atoms with Crippen molar-refractivity contribution in [3.05, 3.63) is 53.6 Å². The maximum Gasteiger partial charge on any atom is 0.416 e. The number of methoxy groups -OCH3 is 1. The number of phenolic OH excluding ortho intramolecular Hbond substituents is 1. The van der Waals surface area contributed by atoms with Crippen molar-refractivity contribution in [3.63, 3.8) is 0 Å². The number of thioether (sulfide) groups is 1. The van der Waals surface area contributed by atoms with Crippen LogP contribution in [0.3, 0.4) is 0 Å². The third-order valence-corrected chi connectivity index (χ3v) is 4.77. The van der Waals surface area contributed by atoms with Crippen molar-refractivity contribution in [1.82, 2.24) is 0 Å². The van der Waals surface area contributed by atoms with Crippen LogP contribution in [-0.2, 0) is 15.7 Å². The highest BCUT2D eigenvalue weighted by Gasteiger charge is 2.30. The predicted octanol–water partition coefficient (Wildman–Crippen LogP) is 4.88. The molecule has 148 valence electrons. The number of hydrogen-bond acceptors (Lipinski definition) is 5. The smallest absolute Gasteiger partial charge is 0.416 e. The largest absolute Gasteiger partial charge is 0.508 e. The molecule has 0 fully saturated rings. The SMILES string of the molecule is COCOC(COc1ccc(C(F)(F)F)cc1)CSc1ccc(O)c(C)c1. The van der Waals surface area contributed by atoms with Crippen molar-refractivity contribution in [3.8, 4) is 11.5 Å². The first-order valence-electron chi connectivity index (χ1n) is 8.12. The molecular weight excluding hydrogens is 381 g/mol. The molecule has 8 heteroatoms. The van der Waals surface area contributed by atoms with Crippen molar-refractivity contribution in [2.24, 2.45) is 0 Å². The van der Waals surface area contributed by atoms with Gasteiger partial charge in [-0.2, -0.15) is 13.2 Å². The molecule has 2 aromatic rings. The number of aryl methyl sites for hydroxylation is 1. The molecule has 0 aromatic heterocycles. The van der Waals surface area contributed by atoms with Gasteiger partial charge in [0.2, 0.25) is 0 Å². The number of aromatic hydroxyl groups is 1. The van der Waals surface area contributed by atoms with E-state index in [1.54, 1.807) is 12.1 Å². The molecule has 0 aliphatic heterocycles. The van der Waals surface area contributed by atoms with Gasteiger partial charge in [0.15, 0.2) is 0 Å². The van der Waals surface area contributed by atoms with Crippen molar-refractivity contribution < 1.29 is 32.5 Å². The summed E-state index contributed by atoms with van der Waals surface area (Å²) in [7, 11) is 1.50. The van der Waals surface area contributed by atoms with E-state index in [4.69, 9.17) is 14.2 Å². The van der Waals surface area contributed by atoms with Gasteiger partial charge in [0.1, 0.15) is 31.0 Å². The monoisotopic (exact) mass is 402 g/mol. The van der Waals surface area contributed by atoms with Crippen molar-refractivity contribution in [2.75, 3.05) is 26.3 Å². The van der Waals surface area contributed by atoms with E-state index in [0.29, 0.717) is 11.5 Å². The summed E-state index contributed by atoms with van der Waals surface area (Å²) in [5.41, 5.74) is 0.0515. The molecule has 0 bridgehead atoms. The Morgan fingerprint density at radius 2 is 1.81 bits per heavy atom. The van der Waals surface area contributed by atoms with E-state index in [2.05, 4.69) is 0 Å². The fraction of sp³-hybridized carbons (Fsp3) is 0.368. The summed E-state index contributed by atoms with van der Waals surface area (Å²) in [6.07, 6.45) is -4.70. The van der Waals surface area contributed by atoms with E-state index in [9.17, 15) is 18.3 Å². The minimum Gasteiger partial charge on any atom is -0.508 e. The van der Waals surface area contributed by atoms with Gasteiger partial charge in [0.25, 0.3) is 0 Å². The summed E-state index contributed by atoms with van der Waals surface area (Å²) in [5, 5.41) is 9.58. The minimum atomic E-state index is -4.37. The fourth-order valence-corrected chi connectivity index (χ4v) is 3.14. The van der Waals surface area contributed by atoms with E-state index < -0.39 is 11.7 Å². The quantitative estimate of drug-likeness (QED) is 0.479. The van der Waals surface area contributed by atoms with E-state index in [1.807, 2.05) is 13.0 Å². The van der Waals surface area contributed by atoms with Gasteiger partial charge in [-0.25, -0.2) is 0 Å². The molecule has 0 aliphatic rings. The first-order valence-corrected chi connectivity index (χ1v) is 9.11. The van der Waals surface area contributed by atoms with Crippen LogP contribution in [0.25, 0.3) is 0 Å². The van der Waals surface area contributed by atoms with Gasteiger partial charge in [-0.05, 0) is 55.0 Å². The second-order valence-corrected chi connectivity index (χ2v) is 6.88. The summed E-state index contributed by atoms with van der Waals surface area (Å²) in [4.78, 5) is 0.964. The molecule has 0 spiro atoms. The van der Waals surface area contributed by atoms with E-state index in [-0.39, 0.29) is 25.3 Å². The van der Waals surface area contributed by atoms with Crippen LogP contribution in [0.1, 0.15) is 11.1 Å². The summed E-state index contributed by atoms with van der Waals surface area (Å²) >= 11 is 1.52. The van der Waals surface area contributed by atoms with Crippen LogP contribution < -0.4 is 4.74 Å². The van der Waals surface area contributed by atoms with Gasteiger partial charge in [-0.1, -0.05) is 0 Å². The van der Waals surface area contributed by atoms with Crippen molar-refractivity contribution >= 4 is 11.8 Å². The molecule has 4 nitrogen and oxygen atoms in total. The van der Waals surface area contributed by atoms with Crippen LogP contribution in [0.15, 0.2) is 47.4 Å². The van der Waals surface area contributed by atoms with Gasteiger partial charge >= 0.3 is 6.18 Å². The Hall–Kier alpha value is -1.90. The summed E-state index contributed by atoms with van der Waals surface area (Å²) in [6.45, 7) is 2.06. The van der Waals surface area contributed by atoms with Crippen molar-refractivity contribution in [1.29, 1.82) is 0 Å². The van der Waals surface area contributed by atoms with Crippen molar-refractivity contribution in [2.45, 2.75) is 24.1 Å². The molecule has 1 atom stereocenters. The lowest BCUT2D eigenvalue weighted by atomic mass is 10.2. The molecule has 1 unspecified atom stereocenters. The van der Waals surface area contributed by atoms with Crippen LogP contribution in [0.2, 0.25) is 0 Å². The maximum atomic E-state index is 12.6. The Balaban J connectivity index is 1.92. The van der Waals surface area contributed by atoms with Crippen LogP contribution >= 0.6 is 11.8 Å². The highest BCUT2D eigenvalue weighted by Crippen LogP contribution is 2.30. The molecule has 0 radical (unpaired) electrons. The zero-order valence-electron chi connectivity index (χ0n) is 15.0. The standard InChI is InChI=1S/C19H21F3O4S/c1-13-9-17(7-8-18(13)23)27-11-16(26-12-24-2)10-25-15-5-3-14(4-6-15)19(20,21)22/h3-9,16,23H,10-12H2,1-2H3. The normalized spacial score (nSPS) is 12.8. The highest BCUT2D eigenvalue weighted by atomic mass is 32.2. The van der Waals surface area contributed by atoms with E-state index in [1.165, 1.54) is 31.0 Å². The van der Waals surface area contributed by atoms with Crippen LogP contribution in [0.4, 0.5) is 13.2 Å². The number of hydrogen-bond donors (Lipinski definition) is 1. The predicted molar refractivity (Wildman–Crippen MR) is 97.3 cm³/mol. The molecule has 1 N–H and O–H groups in total. The Morgan fingerprint density at radius 3 is 2.41 bits per heavy atom. The lowest BCUT2D eigenvalue weighted by molar-refractivity contribution is -0.137. The van der Waals surface area contributed by atoms with Crippen LogP contribution in [-0.4, -0.2) is 37.5 Å². The number of alkyl halides is 3. The average molecular weight is 402 g/mol. The molecule has 0 aliphatic carbocycles. The summed E-state index contributed by atoms with van der Waals surface area (Å²) in [6, 6.07) is 9.82. The lowest BCUT2D eigenvalue weighted by Gasteiger charge is -2.18. The first-order chi connectivity index (χ1) is 12.8. The maximum absolute atomic E-state index is 12.6. The van der Waals surface area contributed by atoms with E-state index >= 15 is 0 Å². The number of benzene rings is 2. The summed E-state index contributed by atoms with van der Waals surface area (Å²) < 4.78 is 53.8. The Labute approximate surface area is 160 Å². The zero-order valence-corrected chi connectivity index (χ0v) is 15.8. The minimum absolute atomic E-state index is 0.0796. The van der Waals surface area contributed by atoms with Gasteiger partial charge in [0.05, 0.1) is 5.56 Å². The molecular formula is C19H21F3O4S. The average Bonchev–Trinajstić information content (AvgIpc) is 2.63. The number of ether oxygens (including phenoxy) is 3. The van der Waals surface area contributed by atoms with Gasteiger partial charge in [-0.15, -0.1) is 11.8 Å².